The quantitative estimate of drug-likeness (QED) is 0.397. The largest absolute Gasteiger partial charge is 0.507 e. The summed E-state index contributed by atoms with van der Waals surface area (Å²) in [6.07, 6.45) is 3.98. The lowest BCUT2D eigenvalue weighted by molar-refractivity contribution is 0.378. The van der Waals surface area contributed by atoms with Crippen LogP contribution in [0.1, 0.15) is 57.2 Å². The normalized spacial score (nSPS) is 19.0. The highest BCUT2D eigenvalue weighted by atomic mass is 16.3. The molecule has 3 aromatic carbocycles. The van der Waals surface area contributed by atoms with Crippen molar-refractivity contribution in [3.05, 3.63) is 59.2 Å². The van der Waals surface area contributed by atoms with E-state index in [-0.39, 0.29) is 10.8 Å². The molecule has 0 amide bonds. The minimum atomic E-state index is -0.0736. The molecule has 2 aliphatic rings. The molecule has 2 aliphatic heterocycles. The zero-order valence-electron chi connectivity index (χ0n) is 18.9. The third kappa shape index (κ3) is 3.08. The summed E-state index contributed by atoms with van der Waals surface area (Å²) >= 11 is 0. The zero-order chi connectivity index (χ0) is 22.0. The number of aliphatic imine (C=N–C) groups is 1. The van der Waals surface area contributed by atoms with Crippen LogP contribution in [0.2, 0.25) is 0 Å². The van der Waals surface area contributed by atoms with Crippen molar-refractivity contribution in [2.45, 2.75) is 51.4 Å². The number of fused-ring (bicyclic) bond motifs is 1. The molecule has 160 valence electrons. The van der Waals surface area contributed by atoms with Crippen LogP contribution in [-0.2, 0) is 10.8 Å². The van der Waals surface area contributed by atoms with Crippen LogP contribution in [0.15, 0.2) is 47.5 Å². The van der Waals surface area contributed by atoms with E-state index >= 15 is 0 Å². The van der Waals surface area contributed by atoms with Crippen LogP contribution in [0.3, 0.4) is 0 Å². The van der Waals surface area contributed by atoms with Crippen molar-refractivity contribution in [1.82, 2.24) is 0 Å². The Bertz CT molecular complexity index is 1220. The van der Waals surface area contributed by atoms with Crippen molar-refractivity contribution in [3.63, 3.8) is 0 Å². The number of benzene rings is 3. The highest BCUT2D eigenvalue weighted by Gasteiger charge is 2.42. The van der Waals surface area contributed by atoms with E-state index in [4.69, 9.17) is 10.7 Å². The number of anilines is 2. The summed E-state index contributed by atoms with van der Waals surface area (Å²) in [5.74, 6) is 0.370. The van der Waals surface area contributed by atoms with Crippen LogP contribution in [-0.4, -0.2) is 24.4 Å². The molecule has 0 radical (unpaired) electrons. The first-order chi connectivity index (χ1) is 14.7. The molecule has 31 heavy (non-hydrogen) atoms. The maximum Gasteiger partial charge on any atom is 0.130 e. The Morgan fingerprint density at radius 1 is 0.968 bits per heavy atom. The summed E-state index contributed by atoms with van der Waals surface area (Å²) in [6, 6.07) is 14.1. The van der Waals surface area contributed by atoms with Gasteiger partial charge >= 0.3 is 0 Å². The molecule has 0 aromatic heterocycles. The van der Waals surface area contributed by atoms with Crippen molar-refractivity contribution in [2.24, 2.45) is 4.99 Å². The predicted octanol–water partition coefficient (Wildman–Crippen LogP) is 6.05. The number of phenols is 1. The zero-order valence-corrected chi connectivity index (χ0v) is 18.9. The van der Waals surface area contributed by atoms with E-state index in [2.05, 4.69) is 38.7 Å². The first kappa shape index (κ1) is 19.9. The van der Waals surface area contributed by atoms with Crippen LogP contribution in [0.4, 0.5) is 17.1 Å². The van der Waals surface area contributed by atoms with Crippen LogP contribution in [0.5, 0.6) is 5.75 Å². The van der Waals surface area contributed by atoms with Gasteiger partial charge in [-0.05, 0) is 47.4 Å². The van der Waals surface area contributed by atoms with Crippen LogP contribution in [0.25, 0.3) is 10.8 Å². The number of hydrogen-bond acceptors (Lipinski definition) is 4. The lowest BCUT2D eigenvalue weighted by Crippen LogP contribution is -2.44. The fourth-order valence-electron chi connectivity index (χ4n) is 5.25. The maximum absolute atomic E-state index is 11.4. The minimum absolute atomic E-state index is 0.0676. The number of rotatable bonds is 2. The molecule has 0 bridgehead atoms. The van der Waals surface area contributed by atoms with Crippen molar-refractivity contribution >= 4 is 34.0 Å². The Hall–Kier alpha value is -3.01. The van der Waals surface area contributed by atoms with Gasteiger partial charge in [0.05, 0.1) is 5.69 Å². The number of phenolic OH excluding ortho intramolecular Hbond substituents is 1. The standard InChI is InChI=1S/C27H31N3O/c1-26(2)11-13-30-14-12-27(3,4)23-24(30)20(26)15-17(25(23)31)16-29-22-10-9-21(28)18-7-5-6-8-19(18)22/h5-10,15-16,31H,11-14,28H2,1-4H3/b29-16+. The summed E-state index contributed by atoms with van der Waals surface area (Å²) in [4.78, 5) is 7.28. The molecule has 2 heterocycles. The maximum atomic E-state index is 11.4. The fourth-order valence-corrected chi connectivity index (χ4v) is 5.25. The number of nitrogen functional groups attached to an aromatic ring is 1. The number of hydrogen-bond donors (Lipinski definition) is 2. The van der Waals surface area contributed by atoms with Gasteiger partial charge in [-0.1, -0.05) is 52.0 Å². The van der Waals surface area contributed by atoms with Crippen molar-refractivity contribution in [2.75, 3.05) is 23.7 Å². The average molecular weight is 414 g/mol. The van der Waals surface area contributed by atoms with Gasteiger partial charge in [0.25, 0.3) is 0 Å². The van der Waals surface area contributed by atoms with Gasteiger partial charge in [-0.25, -0.2) is 0 Å². The van der Waals surface area contributed by atoms with E-state index in [9.17, 15) is 5.11 Å². The SMILES string of the molecule is CC1(C)CCN2CCC(C)(C)c3c(O)c(/C=N/c4ccc(N)c5ccccc45)cc1c32. The van der Waals surface area contributed by atoms with Gasteiger partial charge in [0.15, 0.2) is 0 Å². The average Bonchev–Trinajstić information content (AvgIpc) is 2.73. The summed E-state index contributed by atoms with van der Waals surface area (Å²) in [5, 5.41) is 13.4. The highest BCUT2D eigenvalue weighted by Crippen LogP contribution is 2.53. The topological polar surface area (TPSA) is 61.8 Å². The van der Waals surface area contributed by atoms with Gasteiger partial charge in [0, 0.05) is 52.6 Å². The minimum Gasteiger partial charge on any atom is -0.507 e. The van der Waals surface area contributed by atoms with Crippen molar-refractivity contribution in [1.29, 1.82) is 0 Å². The molecule has 5 rings (SSSR count). The van der Waals surface area contributed by atoms with E-state index in [0.29, 0.717) is 5.75 Å². The molecule has 3 N–H and O–H groups in total. The first-order valence-electron chi connectivity index (χ1n) is 11.2. The molecule has 3 aromatic rings. The third-order valence-electron chi connectivity index (χ3n) is 7.32. The molecule has 4 heteroatoms. The predicted molar refractivity (Wildman–Crippen MR) is 131 cm³/mol. The Morgan fingerprint density at radius 2 is 1.65 bits per heavy atom. The second-order valence-corrected chi connectivity index (χ2v) is 10.3. The van der Waals surface area contributed by atoms with Crippen molar-refractivity contribution < 1.29 is 5.11 Å². The van der Waals surface area contributed by atoms with Gasteiger partial charge in [0.2, 0.25) is 0 Å². The van der Waals surface area contributed by atoms with Gasteiger partial charge in [-0.2, -0.15) is 0 Å². The number of nitrogens with two attached hydrogens (primary N) is 1. The smallest absolute Gasteiger partial charge is 0.130 e. The summed E-state index contributed by atoms with van der Waals surface area (Å²) in [6.45, 7) is 11.2. The molecule has 0 aliphatic carbocycles. The second kappa shape index (κ2) is 6.74. The Morgan fingerprint density at radius 3 is 2.39 bits per heavy atom. The summed E-state index contributed by atoms with van der Waals surface area (Å²) in [5.41, 5.74) is 12.2. The van der Waals surface area contributed by atoms with E-state index in [1.165, 1.54) is 11.3 Å². The lowest BCUT2D eigenvalue weighted by Gasteiger charge is -2.48. The molecule has 0 unspecified atom stereocenters. The number of nitrogens with zero attached hydrogens (tertiary/aromatic N) is 2. The van der Waals surface area contributed by atoms with E-state index in [1.807, 2.05) is 42.6 Å². The summed E-state index contributed by atoms with van der Waals surface area (Å²) in [7, 11) is 0. The van der Waals surface area contributed by atoms with Crippen molar-refractivity contribution in [3.8, 4) is 5.75 Å². The molecular formula is C27H31N3O. The third-order valence-corrected chi connectivity index (χ3v) is 7.32. The van der Waals surface area contributed by atoms with Crippen LogP contribution >= 0.6 is 0 Å². The Labute approximate surface area is 184 Å². The summed E-state index contributed by atoms with van der Waals surface area (Å²) < 4.78 is 0. The molecular weight excluding hydrogens is 382 g/mol. The van der Waals surface area contributed by atoms with Crippen LogP contribution < -0.4 is 10.6 Å². The Balaban J connectivity index is 1.69. The van der Waals surface area contributed by atoms with E-state index in [0.717, 1.165) is 59.2 Å². The van der Waals surface area contributed by atoms with Gasteiger partial charge in [-0.3, -0.25) is 4.99 Å². The highest BCUT2D eigenvalue weighted by molar-refractivity contribution is 6.02. The lowest BCUT2D eigenvalue weighted by atomic mass is 9.69. The van der Waals surface area contributed by atoms with E-state index in [1.54, 1.807) is 0 Å². The number of aromatic hydroxyl groups is 1. The molecule has 0 fully saturated rings. The van der Waals surface area contributed by atoms with Gasteiger partial charge < -0.3 is 15.7 Å². The molecule has 0 atom stereocenters. The monoisotopic (exact) mass is 413 g/mol. The first-order valence-corrected chi connectivity index (χ1v) is 11.2. The van der Waals surface area contributed by atoms with Crippen LogP contribution in [0, 0.1) is 0 Å². The fraction of sp³-hybridized carbons (Fsp3) is 0.370. The van der Waals surface area contributed by atoms with Gasteiger partial charge in [0.1, 0.15) is 5.75 Å². The molecule has 4 nitrogen and oxygen atoms in total. The van der Waals surface area contributed by atoms with E-state index < -0.39 is 0 Å². The Kier molecular flexibility index (Phi) is 4.34. The van der Waals surface area contributed by atoms with Gasteiger partial charge in [-0.15, -0.1) is 0 Å². The molecule has 0 saturated heterocycles. The molecule has 0 spiro atoms. The second-order valence-electron chi connectivity index (χ2n) is 10.3. The molecule has 0 saturated carbocycles.